The summed E-state index contributed by atoms with van der Waals surface area (Å²) in [5.74, 6) is -0.272. The normalized spacial score (nSPS) is 13.2. The van der Waals surface area contributed by atoms with Crippen LogP contribution in [0.25, 0.3) is 0 Å². The molecule has 0 N–H and O–H groups in total. The van der Waals surface area contributed by atoms with Crippen LogP contribution >= 0.6 is 11.6 Å². The number of rotatable bonds is 1. The molecular weight excluding hydrogens is 263 g/mol. The number of nitriles is 1. The van der Waals surface area contributed by atoms with Crippen LogP contribution < -0.4 is 4.90 Å². The zero-order valence-corrected chi connectivity index (χ0v) is 10.8. The Kier molecular flexibility index (Phi) is 2.88. The SMILES string of the molecule is N#Cc1ccc(Cl)cc1N1CCc2ccc(F)cc21. The predicted molar refractivity (Wildman–Crippen MR) is 73.3 cm³/mol. The van der Waals surface area contributed by atoms with Gasteiger partial charge in [-0.3, -0.25) is 0 Å². The van der Waals surface area contributed by atoms with Crippen LogP contribution in [0, 0.1) is 17.1 Å². The summed E-state index contributed by atoms with van der Waals surface area (Å²) in [5.41, 5.74) is 3.19. The van der Waals surface area contributed by atoms with E-state index in [1.54, 1.807) is 24.3 Å². The summed E-state index contributed by atoms with van der Waals surface area (Å²) in [6.45, 7) is 0.730. The molecule has 19 heavy (non-hydrogen) atoms. The summed E-state index contributed by atoms with van der Waals surface area (Å²) in [4.78, 5) is 1.95. The molecule has 0 amide bonds. The monoisotopic (exact) mass is 272 g/mol. The molecule has 0 spiro atoms. The molecule has 2 aromatic carbocycles. The maximum absolute atomic E-state index is 13.4. The van der Waals surface area contributed by atoms with Crippen molar-refractivity contribution in [2.24, 2.45) is 0 Å². The molecule has 0 unspecified atom stereocenters. The highest BCUT2D eigenvalue weighted by Gasteiger charge is 2.23. The van der Waals surface area contributed by atoms with Gasteiger partial charge >= 0.3 is 0 Å². The summed E-state index contributed by atoms with van der Waals surface area (Å²) in [6.07, 6.45) is 0.840. The number of hydrogen-bond donors (Lipinski definition) is 0. The van der Waals surface area contributed by atoms with Gasteiger partial charge < -0.3 is 4.90 Å². The van der Waals surface area contributed by atoms with Gasteiger partial charge in [0.1, 0.15) is 11.9 Å². The first-order valence-electron chi connectivity index (χ1n) is 5.94. The van der Waals surface area contributed by atoms with Gasteiger partial charge in [-0.15, -0.1) is 0 Å². The molecule has 0 atom stereocenters. The molecule has 4 heteroatoms. The number of benzene rings is 2. The fourth-order valence-corrected chi connectivity index (χ4v) is 2.59. The highest BCUT2D eigenvalue weighted by molar-refractivity contribution is 6.31. The number of halogens is 2. The van der Waals surface area contributed by atoms with Gasteiger partial charge in [-0.25, -0.2) is 4.39 Å². The molecule has 2 aromatic rings. The number of anilines is 2. The molecule has 94 valence electrons. The Balaban J connectivity index is 2.14. The van der Waals surface area contributed by atoms with Crippen molar-refractivity contribution in [3.63, 3.8) is 0 Å². The Morgan fingerprint density at radius 2 is 2.00 bits per heavy atom. The lowest BCUT2D eigenvalue weighted by atomic mass is 10.1. The van der Waals surface area contributed by atoms with Crippen molar-refractivity contribution in [1.82, 2.24) is 0 Å². The van der Waals surface area contributed by atoms with E-state index in [0.29, 0.717) is 10.6 Å². The second-order valence-electron chi connectivity index (χ2n) is 4.45. The molecule has 0 saturated carbocycles. The van der Waals surface area contributed by atoms with Gasteiger partial charge in [0.25, 0.3) is 0 Å². The van der Waals surface area contributed by atoms with Gasteiger partial charge in [-0.1, -0.05) is 17.7 Å². The van der Waals surface area contributed by atoms with E-state index in [2.05, 4.69) is 6.07 Å². The Morgan fingerprint density at radius 3 is 2.79 bits per heavy atom. The van der Waals surface area contributed by atoms with E-state index < -0.39 is 0 Å². The van der Waals surface area contributed by atoms with Crippen LogP contribution in [-0.4, -0.2) is 6.54 Å². The first-order valence-corrected chi connectivity index (χ1v) is 6.32. The molecule has 3 rings (SSSR count). The molecule has 1 aliphatic rings. The fraction of sp³-hybridized carbons (Fsp3) is 0.133. The molecule has 0 aliphatic carbocycles. The zero-order valence-electron chi connectivity index (χ0n) is 10.0. The molecule has 0 aromatic heterocycles. The van der Waals surface area contributed by atoms with Crippen LogP contribution in [0.1, 0.15) is 11.1 Å². The second-order valence-corrected chi connectivity index (χ2v) is 4.88. The van der Waals surface area contributed by atoms with Gasteiger partial charge in [0.15, 0.2) is 0 Å². The standard InChI is InChI=1S/C15H10ClFN2/c16-12-3-1-11(9-18)14(7-12)19-6-5-10-2-4-13(17)8-15(10)19/h1-4,7-8H,5-6H2. The maximum Gasteiger partial charge on any atom is 0.125 e. The lowest BCUT2D eigenvalue weighted by molar-refractivity contribution is 0.628. The van der Waals surface area contributed by atoms with Crippen LogP contribution in [0.15, 0.2) is 36.4 Å². The van der Waals surface area contributed by atoms with Crippen LogP contribution in [0.2, 0.25) is 5.02 Å². The van der Waals surface area contributed by atoms with E-state index in [-0.39, 0.29) is 5.82 Å². The van der Waals surface area contributed by atoms with Crippen LogP contribution in [-0.2, 0) is 6.42 Å². The van der Waals surface area contributed by atoms with Crippen molar-refractivity contribution in [3.05, 3.63) is 58.4 Å². The molecule has 0 bridgehead atoms. The van der Waals surface area contributed by atoms with Crippen LogP contribution in [0.5, 0.6) is 0 Å². The van der Waals surface area contributed by atoms with Gasteiger partial charge in [-0.05, 0) is 42.3 Å². The predicted octanol–water partition coefficient (Wildman–Crippen LogP) is 4.04. The van der Waals surface area contributed by atoms with Crippen LogP contribution in [0.3, 0.4) is 0 Å². The van der Waals surface area contributed by atoms with Gasteiger partial charge in [0.2, 0.25) is 0 Å². The van der Waals surface area contributed by atoms with E-state index in [1.165, 1.54) is 12.1 Å². The maximum atomic E-state index is 13.4. The molecule has 0 radical (unpaired) electrons. The molecule has 1 aliphatic heterocycles. The minimum Gasteiger partial charge on any atom is -0.340 e. The summed E-state index contributed by atoms with van der Waals surface area (Å²) in [7, 11) is 0. The van der Waals surface area contributed by atoms with E-state index in [9.17, 15) is 9.65 Å². The van der Waals surface area contributed by atoms with Gasteiger partial charge in [-0.2, -0.15) is 5.26 Å². The first-order chi connectivity index (χ1) is 9.19. The van der Waals surface area contributed by atoms with E-state index in [4.69, 9.17) is 11.6 Å². The molecule has 1 heterocycles. The highest BCUT2D eigenvalue weighted by Crippen LogP contribution is 2.37. The highest BCUT2D eigenvalue weighted by atomic mass is 35.5. The van der Waals surface area contributed by atoms with Gasteiger partial charge in [0, 0.05) is 17.3 Å². The second kappa shape index (κ2) is 4.56. The molecule has 0 fully saturated rings. The van der Waals surface area contributed by atoms with Crippen molar-refractivity contribution in [2.75, 3.05) is 11.4 Å². The summed E-state index contributed by atoms with van der Waals surface area (Å²) in [6, 6.07) is 12.0. The smallest absolute Gasteiger partial charge is 0.125 e. The van der Waals surface area contributed by atoms with Crippen molar-refractivity contribution in [2.45, 2.75) is 6.42 Å². The topological polar surface area (TPSA) is 27.0 Å². The quantitative estimate of drug-likeness (QED) is 0.783. The van der Waals surface area contributed by atoms with E-state index in [0.717, 1.165) is 29.9 Å². The molecular formula is C15H10ClFN2. The number of nitrogens with zero attached hydrogens (tertiary/aromatic N) is 2. The summed E-state index contributed by atoms with van der Waals surface area (Å²) in [5, 5.41) is 9.75. The minimum atomic E-state index is -0.272. The Labute approximate surface area is 115 Å². The third-order valence-electron chi connectivity index (χ3n) is 3.31. The average molecular weight is 273 g/mol. The number of hydrogen-bond acceptors (Lipinski definition) is 2. The molecule has 0 saturated heterocycles. The Bertz CT molecular complexity index is 691. The zero-order chi connectivity index (χ0) is 13.4. The molecule has 2 nitrogen and oxygen atoms in total. The van der Waals surface area contributed by atoms with Crippen molar-refractivity contribution in [3.8, 4) is 6.07 Å². The number of fused-ring (bicyclic) bond motifs is 1. The first kappa shape index (κ1) is 12.0. The third-order valence-corrected chi connectivity index (χ3v) is 3.55. The largest absolute Gasteiger partial charge is 0.340 e. The fourth-order valence-electron chi connectivity index (χ4n) is 2.43. The van der Waals surface area contributed by atoms with E-state index in [1.807, 2.05) is 4.90 Å². The van der Waals surface area contributed by atoms with Crippen LogP contribution in [0.4, 0.5) is 15.8 Å². The summed E-state index contributed by atoms with van der Waals surface area (Å²) >= 11 is 6.00. The van der Waals surface area contributed by atoms with E-state index >= 15 is 0 Å². The lowest BCUT2D eigenvalue weighted by Gasteiger charge is -2.21. The minimum absolute atomic E-state index is 0.272. The van der Waals surface area contributed by atoms with Crippen molar-refractivity contribution < 1.29 is 4.39 Å². The third kappa shape index (κ3) is 2.05. The lowest BCUT2D eigenvalue weighted by Crippen LogP contribution is -2.14. The Morgan fingerprint density at radius 1 is 1.16 bits per heavy atom. The van der Waals surface area contributed by atoms with Crippen molar-refractivity contribution in [1.29, 1.82) is 5.26 Å². The van der Waals surface area contributed by atoms with Gasteiger partial charge in [0.05, 0.1) is 11.3 Å². The van der Waals surface area contributed by atoms with Crippen molar-refractivity contribution >= 4 is 23.0 Å². The average Bonchev–Trinajstić information content (AvgIpc) is 2.81. The summed E-state index contributed by atoms with van der Waals surface area (Å²) < 4.78 is 13.4. The Hall–Kier alpha value is -2.05.